The maximum absolute atomic E-state index is 5.73. The fourth-order valence-corrected chi connectivity index (χ4v) is 1.03. The van der Waals surface area contributed by atoms with E-state index in [2.05, 4.69) is 9.75 Å². The molecule has 5 heteroatoms. The van der Waals surface area contributed by atoms with Crippen LogP contribution >= 0.6 is 35.0 Å². The third-order valence-corrected chi connectivity index (χ3v) is 1.96. The molecule has 0 heterocycles. The van der Waals surface area contributed by atoms with Crippen LogP contribution in [0.1, 0.15) is 0 Å². The zero-order valence-electron chi connectivity index (χ0n) is 5.26. The van der Waals surface area contributed by atoms with Crippen molar-refractivity contribution in [3.8, 4) is 0 Å². The van der Waals surface area contributed by atoms with Gasteiger partial charge in [0, 0.05) is 0 Å². The van der Waals surface area contributed by atoms with Crippen LogP contribution in [0, 0.1) is 0 Å². The Balaban J connectivity index is 3.16. The van der Waals surface area contributed by atoms with Gasteiger partial charge in [-0.25, -0.2) is 0 Å². The molecule has 58 valence electrons. The summed E-state index contributed by atoms with van der Waals surface area (Å²) in [5.74, 6) is 0. The van der Waals surface area contributed by atoms with E-state index in [1.54, 1.807) is 18.2 Å². The highest BCUT2D eigenvalue weighted by molar-refractivity contribution is 6.43. The molecule has 0 radical (unpaired) electrons. The van der Waals surface area contributed by atoms with Crippen molar-refractivity contribution >= 4 is 40.7 Å². The van der Waals surface area contributed by atoms with Crippen LogP contribution < -0.4 is 0 Å². The molecule has 0 unspecified atom stereocenters. The lowest BCUT2D eigenvalue weighted by molar-refractivity contribution is 1.33. The number of hydrogen-bond acceptors (Lipinski definition) is 2. The molecule has 0 saturated carbocycles. The van der Waals surface area contributed by atoms with Gasteiger partial charge in [-0.15, -0.1) is 5.11 Å². The maximum Gasteiger partial charge on any atom is 0.107 e. The maximum atomic E-state index is 5.73. The van der Waals surface area contributed by atoms with Crippen LogP contribution in [0.25, 0.3) is 0 Å². The largest absolute Gasteiger partial charge is 0.136 e. The molecule has 0 amide bonds. The molecule has 11 heavy (non-hydrogen) atoms. The summed E-state index contributed by atoms with van der Waals surface area (Å²) in [6.45, 7) is 0. The minimum atomic E-state index is 0.360. The van der Waals surface area contributed by atoms with Crippen LogP contribution in [0.2, 0.25) is 10.0 Å². The Morgan fingerprint density at radius 3 is 2.55 bits per heavy atom. The van der Waals surface area contributed by atoms with Crippen molar-refractivity contribution in [2.45, 2.75) is 0 Å². The summed E-state index contributed by atoms with van der Waals surface area (Å²) in [5, 5.41) is 4.34. The van der Waals surface area contributed by atoms with Gasteiger partial charge in [-0.1, -0.05) is 33.9 Å². The summed E-state index contributed by atoms with van der Waals surface area (Å²) in [7, 11) is 0. The van der Waals surface area contributed by atoms with E-state index in [-0.39, 0.29) is 0 Å². The second-order valence-corrected chi connectivity index (χ2v) is 2.68. The van der Waals surface area contributed by atoms with Gasteiger partial charge in [-0.3, -0.25) is 0 Å². The molecule has 0 bridgehead atoms. The van der Waals surface area contributed by atoms with Crippen molar-refractivity contribution < 1.29 is 0 Å². The molecule has 0 aliphatic rings. The smallest absolute Gasteiger partial charge is 0.107 e. The Bertz CT molecular complexity index is 285. The zero-order valence-corrected chi connectivity index (χ0v) is 7.53. The Kier molecular flexibility index (Phi) is 3.12. The average Bonchev–Trinajstić information content (AvgIpc) is 1.99. The predicted octanol–water partition coefficient (Wildman–Crippen LogP) is 4.23. The molecule has 1 aromatic rings. The van der Waals surface area contributed by atoms with Gasteiger partial charge in [0.15, 0.2) is 0 Å². The van der Waals surface area contributed by atoms with Crippen molar-refractivity contribution in [3.05, 3.63) is 28.2 Å². The van der Waals surface area contributed by atoms with Crippen molar-refractivity contribution in [3.63, 3.8) is 0 Å². The standard InChI is InChI=1S/C6H3Cl3N2/c7-4-2-1-3-5(6(4)8)10-11-9/h1-3H. The lowest BCUT2D eigenvalue weighted by Crippen LogP contribution is -1.68. The fourth-order valence-electron chi connectivity index (χ4n) is 0.610. The first-order valence-corrected chi connectivity index (χ1v) is 3.81. The van der Waals surface area contributed by atoms with E-state index in [9.17, 15) is 0 Å². The van der Waals surface area contributed by atoms with Gasteiger partial charge in [-0.2, -0.15) is 0 Å². The molecular weight excluding hydrogens is 206 g/mol. The highest BCUT2D eigenvalue weighted by Crippen LogP contribution is 2.31. The molecule has 0 aliphatic carbocycles. The first-order chi connectivity index (χ1) is 5.25. The van der Waals surface area contributed by atoms with Gasteiger partial charge >= 0.3 is 0 Å². The van der Waals surface area contributed by atoms with E-state index in [4.69, 9.17) is 35.0 Å². The van der Waals surface area contributed by atoms with Gasteiger partial charge in [0.25, 0.3) is 0 Å². The molecule has 2 nitrogen and oxygen atoms in total. The van der Waals surface area contributed by atoms with Gasteiger partial charge in [0.05, 0.1) is 21.8 Å². The van der Waals surface area contributed by atoms with Gasteiger partial charge < -0.3 is 0 Å². The number of rotatable bonds is 1. The molecule has 1 rings (SSSR count). The zero-order chi connectivity index (χ0) is 8.27. The molecule has 0 N–H and O–H groups in total. The molecule has 0 aliphatic heterocycles. The van der Waals surface area contributed by atoms with E-state index in [0.717, 1.165) is 0 Å². The fraction of sp³-hybridized carbons (Fsp3) is 0. The normalized spacial score (nSPS) is 10.8. The molecular formula is C6H3Cl3N2. The van der Waals surface area contributed by atoms with Crippen LogP contribution in [0.4, 0.5) is 5.69 Å². The summed E-state index contributed by atoms with van der Waals surface area (Å²) in [6.07, 6.45) is 0. The second-order valence-electron chi connectivity index (χ2n) is 1.75. The van der Waals surface area contributed by atoms with Gasteiger partial charge in [0.1, 0.15) is 5.69 Å². The van der Waals surface area contributed by atoms with Crippen LogP contribution in [0.15, 0.2) is 27.9 Å². The van der Waals surface area contributed by atoms with E-state index < -0.39 is 0 Å². The lowest BCUT2D eigenvalue weighted by atomic mass is 10.3. The third-order valence-electron chi connectivity index (χ3n) is 1.08. The molecule has 0 atom stereocenters. The monoisotopic (exact) mass is 208 g/mol. The third kappa shape index (κ3) is 2.06. The van der Waals surface area contributed by atoms with E-state index in [1.807, 2.05) is 0 Å². The lowest BCUT2D eigenvalue weighted by Gasteiger charge is -1.96. The number of nitrogens with zero attached hydrogens (tertiary/aromatic N) is 2. The Morgan fingerprint density at radius 1 is 1.18 bits per heavy atom. The molecule has 0 aromatic heterocycles. The summed E-state index contributed by atoms with van der Waals surface area (Å²) in [4.78, 5) is 0. The Hall–Kier alpha value is -0.310. The number of hydrogen-bond donors (Lipinski definition) is 0. The first kappa shape index (κ1) is 8.78. The van der Waals surface area contributed by atoms with Gasteiger partial charge in [0.2, 0.25) is 0 Å². The highest BCUT2D eigenvalue weighted by Gasteiger charge is 2.01. The number of benzene rings is 1. The van der Waals surface area contributed by atoms with Crippen LogP contribution in [-0.4, -0.2) is 0 Å². The highest BCUT2D eigenvalue weighted by atomic mass is 35.5. The Labute approximate surface area is 78.9 Å². The minimum Gasteiger partial charge on any atom is -0.136 e. The van der Waals surface area contributed by atoms with Crippen LogP contribution in [0.5, 0.6) is 0 Å². The molecule has 0 fully saturated rings. The molecule has 1 aromatic carbocycles. The predicted molar refractivity (Wildman–Crippen MR) is 46.8 cm³/mol. The van der Waals surface area contributed by atoms with E-state index in [0.29, 0.717) is 15.7 Å². The topological polar surface area (TPSA) is 24.7 Å². The van der Waals surface area contributed by atoms with Crippen molar-refractivity contribution in [2.24, 2.45) is 9.75 Å². The number of halogens is 3. The van der Waals surface area contributed by atoms with Crippen molar-refractivity contribution in [1.82, 2.24) is 0 Å². The molecule has 0 saturated heterocycles. The quantitative estimate of drug-likeness (QED) is 0.618. The molecule has 0 spiro atoms. The van der Waals surface area contributed by atoms with Crippen molar-refractivity contribution in [1.29, 1.82) is 0 Å². The second kappa shape index (κ2) is 3.90. The SMILES string of the molecule is ClN=Nc1cccc(Cl)c1Cl. The minimum absolute atomic E-state index is 0.360. The van der Waals surface area contributed by atoms with Crippen LogP contribution in [0.3, 0.4) is 0 Å². The van der Waals surface area contributed by atoms with Gasteiger partial charge in [-0.05, 0) is 12.1 Å². The van der Waals surface area contributed by atoms with Crippen LogP contribution in [-0.2, 0) is 0 Å². The van der Waals surface area contributed by atoms with E-state index in [1.165, 1.54) is 0 Å². The summed E-state index contributed by atoms with van der Waals surface area (Å²) >= 11 is 16.4. The Morgan fingerprint density at radius 2 is 1.91 bits per heavy atom. The van der Waals surface area contributed by atoms with Crippen molar-refractivity contribution in [2.75, 3.05) is 0 Å². The van der Waals surface area contributed by atoms with E-state index >= 15 is 0 Å². The first-order valence-electron chi connectivity index (χ1n) is 2.71. The summed E-state index contributed by atoms with van der Waals surface area (Å²) in [6, 6.07) is 5.05. The summed E-state index contributed by atoms with van der Waals surface area (Å²) in [5.41, 5.74) is 0.467. The summed E-state index contributed by atoms with van der Waals surface area (Å²) < 4.78 is 3.06. The average molecular weight is 209 g/mol.